The molecule has 0 fully saturated rings. The zero-order valence-corrected chi connectivity index (χ0v) is 6.89. The van der Waals surface area contributed by atoms with Crippen molar-refractivity contribution in [1.82, 2.24) is 0 Å². The van der Waals surface area contributed by atoms with Gasteiger partial charge in [0.25, 0.3) is 0 Å². The number of carbonyl (C=O) groups excluding carboxylic acids is 1. The molecule has 0 atom stereocenters. The average Bonchev–Trinajstić information content (AvgIpc) is 1.82. The number of esters is 1. The molecule has 59 valence electrons. The van der Waals surface area contributed by atoms with Gasteiger partial charge in [0.05, 0.1) is 13.0 Å². The van der Waals surface area contributed by atoms with Crippen molar-refractivity contribution in [3.8, 4) is 0 Å². The summed E-state index contributed by atoms with van der Waals surface area (Å²) in [6.07, 6.45) is 2.47. The summed E-state index contributed by atoms with van der Waals surface area (Å²) in [6.45, 7) is 6.41. The quantitative estimate of drug-likeness (QED) is 0.561. The highest BCUT2D eigenvalue weighted by Crippen LogP contribution is 1.99. The van der Waals surface area contributed by atoms with E-state index in [9.17, 15) is 4.79 Å². The van der Waals surface area contributed by atoms with E-state index < -0.39 is 0 Å². The SMILES string of the molecule is CCCOC(=O)[CH]C(C)C. The number of hydrogen-bond donors (Lipinski definition) is 0. The fraction of sp³-hybridized carbons (Fsp3) is 0.750. The van der Waals surface area contributed by atoms with E-state index in [1.807, 2.05) is 20.8 Å². The first-order chi connectivity index (χ1) is 4.66. The molecule has 0 N–H and O–H groups in total. The summed E-state index contributed by atoms with van der Waals surface area (Å²) >= 11 is 0. The molecule has 2 heteroatoms. The van der Waals surface area contributed by atoms with E-state index >= 15 is 0 Å². The highest BCUT2D eigenvalue weighted by Gasteiger charge is 2.04. The maximum absolute atomic E-state index is 10.7. The Kier molecular flexibility index (Phi) is 4.99. The molecule has 0 saturated carbocycles. The molecule has 10 heavy (non-hydrogen) atoms. The lowest BCUT2D eigenvalue weighted by Gasteiger charge is -2.03. The summed E-state index contributed by atoms with van der Waals surface area (Å²) < 4.78 is 4.81. The van der Waals surface area contributed by atoms with Gasteiger partial charge in [-0.3, -0.25) is 4.79 Å². The Morgan fingerprint density at radius 1 is 1.60 bits per heavy atom. The first kappa shape index (κ1) is 9.47. The molecule has 0 aromatic carbocycles. The van der Waals surface area contributed by atoms with Gasteiger partial charge in [-0.1, -0.05) is 20.8 Å². The molecule has 0 aromatic rings. The highest BCUT2D eigenvalue weighted by molar-refractivity contribution is 5.79. The zero-order valence-electron chi connectivity index (χ0n) is 6.89. The van der Waals surface area contributed by atoms with Crippen molar-refractivity contribution in [3.05, 3.63) is 6.42 Å². The fourth-order valence-corrected chi connectivity index (χ4v) is 0.523. The lowest BCUT2D eigenvalue weighted by atomic mass is 10.1. The summed E-state index contributed by atoms with van der Waals surface area (Å²) in [6, 6.07) is 0. The Labute approximate surface area is 62.6 Å². The van der Waals surface area contributed by atoms with Crippen molar-refractivity contribution in [3.63, 3.8) is 0 Å². The van der Waals surface area contributed by atoms with Crippen molar-refractivity contribution >= 4 is 5.97 Å². The van der Waals surface area contributed by atoms with E-state index in [-0.39, 0.29) is 11.9 Å². The van der Waals surface area contributed by atoms with Gasteiger partial charge in [-0.05, 0) is 12.3 Å². The fourth-order valence-electron chi connectivity index (χ4n) is 0.523. The summed E-state index contributed by atoms with van der Waals surface area (Å²) in [7, 11) is 0. The first-order valence-electron chi connectivity index (χ1n) is 3.68. The van der Waals surface area contributed by atoms with Crippen LogP contribution < -0.4 is 0 Å². The van der Waals surface area contributed by atoms with Crippen LogP contribution in [0.1, 0.15) is 27.2 Å². The van der Waals surface area contributed by atoms with Gasteiger partial charge in [0.15, 0.2) is 0 Å². The number of carbonyl (C=O) groups is 1. The molecule has 0 aliphatic heterocycles. The van der Waals surface area contributed by atoms with Crippen LogP contribution in [0.3, 0.4) is 0 Å². The summed E-state index contributed by atoms with van der Waals surface area (Å²) in [5.41, 5.74) is 0. The summed E-state index contributed by atoms with van der Waals surface area (Å²) in [4.78, 5) is 10.7. The van der Waals surface area contributed by atoms with E-state index in [1.165, 1.54) is 0 Å². The van der Waals surface area contributed by atoms with Crippen LogP contribution in [0.5, 0.6) is 0 Å². The molecular formula is C8H15O2. The normalized spacial score (nSPS) is 10.0. The van der Waals surface area contributed by atoms with Gasteiger partial charge in [0.2, 0.25) is 0 Å². The van der Waals surface area contributed by atoms with Crippen molar-refractivity contribution in [2.24, 2.45) is 5.92 Å². The van der Waals surface area contributed by atoms with Gasteiger partial charge in [-0.2, -0.15) is 0 Å². The van der Waals surface area contributed by atoms with Gasteiger partial charge < -0.3 is 4.74 Å². The van der Waals surface area contributed by atoms with Crippen molar-refractivity contribution in [2.75, 3.05) is 6.61 Å². The Balaban J connectivity index is 3.26. The molecule has 0 aliphatic rings. The van der Waals surface area contributed by atoms with Crippen molar-refractivity contribution < 1.29 is 9.53 Å². The van der Waals surface area contributed by atoms with Gasteiger partial charge in [-0.25, -0.2) is 0 Å². The Hall–Kier alpha value is -0.530. The second-order valence-electron chi connectivity index (χ2n) is 2.58. The number of hydrogen-bond acceptors (Lipinski definition) is 2. The molecule has 2 nitrogen and oxygen atoms in total. The van der Waals surface area contributed by atoms with Gasteiger partial charge >= 0.3 is 5.97 Å². The molecule has 0 aromatic heterocycles. The molecule has 0 amide bonds. The largest absolute Gasteiger partial charge is 0.465 e. The Morgan fingerprint density at radius 3 is 2.60 bits per heavy atom. The molecule has 0 rings (SSSR count). The minimum atomic E-state index is -0.197. The lowest BCUT2D eigenvalue weighted by Crippen LogP contribution is -2.08. The molecular weight excluding hydrogens is 128 g/mol. The summed E-state index contributed by atoms with van der Waals surface area (Å²) in [5.74, 6) is 0.0845. The van der Waals surface area contributed by atoms with Gasteiger partial charge in [0, 0.05) is 0 Å². The molecule has 0 aliphatic carbocycles. The minimum absolute atomic E-state index is 0.197. The summed E-state index contributed by atoms with van der Waals surface area (Å²) in [5, 5.41) is 0. The number of rotatable bonds is 4. The van der Waals surface area contributed by atoms with Crippen LogP contribution in [0.2, 0.25) is 0 Å². The van der Waals surface area contributed by atoms with Crippen LogP contribution >= 0.6 is 0 Å². The topological polar surface area (TPSA) is 26.3 Å². The van der Waals surface area contributed by atoms with Crippen molar-refractivity contribution in [2.45, 2.75) is 27.2 Å². The van der Waals surface area contributed by atoms with E-state index in [0.717, 1.165) is 6.42 Å². The van der Waals surface area contributed by atoms with E-state index in [4.69, 9.17) is 4.74 Å². The molecule has 0 spiro atoms. The van der Waals surface area contributed by atoms with E-state index in [1.54, 1.807) is 6.42 Å². The molecule has 0 unspecified atom stereocenters. The maximum atomic E-state index is 10.7. The Morgan fingerprint density at radius 2 is 2.20 bits per heavy atom. The lowest BCUT2D eigenvalue weighted by molar-refractivity contribution is -0.140. The molecule has 0 saturated heterocycles. The monoisotopic (exact) mass is 143 g/mol. The van der Waals surface area contributed by atoms with Crippen LogP contribution in [0.15, 0.2) is 0 Å². The second-order valence-corrected chi connectivity index (χ2v) is 2.58. The maximum Gasteiger partial charge on any atom is 0.310 e. The zero-order chi connectivity index (χ0) is 7.98. The van der Waals surface area contributed by atoms with Crippen LogP contribution in [0, 0.1) is 12.3 Å². The average molecular weight is 143 g/mol. The van der Waals surface area contributed by atoms with Gasteiger partial charge in [0.1, 0.15) is 0 Å². The highest BCUT2D eigenvalue weighted by atomic mass is 16.5. The standard InChI is InChI=1S/C8H15O2/c1-4-5-10-8(9)6-7(2)3/h6-7H,4-5H2,1-3H3. The molecule has 1 radical (unpaired) electrons. The first-order valence-corrected chi connectivity index (χ1v) is 3.68. The smallest absolute Gasteiger partial charge is 0.310 e. The third-order valence-electron chi connectivity index (χ3n) is 0.918. The van der Waals surface area contributed by atoms with Gasteiger partial charge in [-0.15, -0.1) is 0 Å². The third kappa shape index (κ3) is 5.60. The van der Waals surface area contributed by atoms with E-state index in [0.29, 0.717) is 6.61 Å². The Bertz CT molecular complexity index is 97.4. The van der Waals surface area contributed by atoms with Crippen molar-refractivity contribution in [1.29, 1.82) is 0 Å². The van der Waals surface area contributed by atoms with Crippen LogP contribution in [-0.2, 0) is 9.53 Å². The molecule has 0 heterocycles. The predicted octanol–water partition coefficient (Wildman–Crippen LogP) is 1.80. The van der Waals surface area contributed by atoms with Crippen LogP contribution in [0.25, 0.3) is 0 Å². The van der Waals surface area contributed by atoms with Crippen LogP contribution in [-0.4, -0.2) is 12.6 Å². The predicted molar refractivity (Wildman–Crippen MR) is 40.4 cm³/mol. The molecule has 0 bridgehead atoms. The second kappa shape index (κ2) is 5.27. The van der Waals surface area contributed by atoms with E-state index in [2.05, 4.69) is 0 Å². The number of ether oxygens (including phenoxy) is 1. The van der Waals surface area contributed by atoms with Crippen LogP contribution in [0.4, 0.5) is 0 Å². The third-order valence-corrected chi connectivity index (χ3v) is 0.918. The minimum Gasteiger partial charge on any atom is -0.465 e.